The van der Waals surface area contributed by atoms with Crippen molar-refractivity contribution in [2.24, 2.45) is 0 Å². The highest BCUT2D eigenvalue weighted by Crippen LogP contribution is 1.99. The Bertz CT molecular complexity index is 363. The SMILES string of the molecule is CCCNCc1[nH]cc(C)c(=O)c1C.Cl.Cl. The number of aromatic amines is 1. The van der Waals surface area contributed by atoms with Crippen molar-refractivity contribution in [1.29, 1.82) is 0 Å². The van der Waals surface area contributed by atoms with Gasteiger partial charge in [0.15, 0.2) is 5.43 Å². The fourth-order valence-electron chi connectivity index (χ4n) is 1.38. The fourth-order valence-corrected chi connectivity index (χ4v) is 1.38. The lowest BCUT2D eigenvalue weighted by Crippen LogP contribution is -2.20. The van der Waals surface area contributed by atoms with E-state index in [9.17, 15) is 4.79 Å². The van der Waals surface area contributed by atoms with Gasteiger partial charge in [-0.1, -0.05) is 6.92 Å². The molecule has 0 atom stereocenters. The Morgan fingerprint density at radius 1 is 1.31 bits per heavy atom. The molecule has 16 heavy (non-hydrogen) atoms. The van der Waals surface area contributed by atoms with E-state index in [1.165, 1.54) is 0 Å². The van der Waals surface area contributed by atoms with E-state index in [1.807, 2.05) is 13.8 Å². The van der Waals surface area contributed by atoms with Gasteiger partial charge in [0.1, 0.15) is 0 Å². The lowest BCUT2D eigenvalue weighted by Gasteiger charge is -2.07. The molecule has 0 bridgehead atoms. The van der Waals surface area contributed by atoms with Crippen LogP contribution < -0.4 is 10.7 Å². The van der Waals surface area contributed by atoms with Gasteiger partial charge in [0.2, 0.25) is 0 Å². The van der Waals surface area contributed by atoms with Crippen LogP contribution in [-0.4, -0.2) is 11.5 Å². The molecule has 94 valence electrons. The first-order chi connectivity index (χ1) is 6.66. The summed E-state index contributed by atoms with van der Waals surface area (Å²) in [5.41, 5.74) is 2.75. The summed E-state index contributed by atoms with van der Waals surface area (Å²) in [7, 11) is 0. The summed E-state index contributed by atoms with van der Waals surface area (Å²) < 4.78 is 0. The van der Waals surface area contributed by atoms with Crippen LogP contribution in [0.4, 0.5) is 0 Å². The van der Waals surface area contributed by atoms with E-state index < -0.39 is 0 Å². The van der Waals surface area contributed by atoms with Crippen LogP contribution in [-0.2, 0) is 6.54 Å². The Morgan fingerprint density at radius 2 is 1.94 bits per heavy atom. The second-order valence-electron chi connectivity index (χ2n) is 3.58. The number of hydrogen-bond acceptors (Lipinski definition) is 2. The Kier molecular flexibility index (Phi) is 9.63. The Hall–Kier alpha value is -0.510. The minimum Gasteiger partial charge on any atom is -0.363 e. The molecule has 1 aromatic heterocycles. The van der Waals surface area contributed by atoms with Gasteiger partial charge in [0.05, 0.1) is 0 Å². The lowest BCUT2D eigenvalue weighted by molar-refractivity contribution is 0.660. The molecule has 0 aliphatic carbocycles. The summed E-state index contributed by atoms with van der Waals surface area (Å²) in [6.45, 7) is 7.55. The van der Waals surface area contributed by atoms with Gasteiger partial charge >= 0.3 is 0 Å². The molecule has 0 saturated heterocycles. The van der Waals surface area contributed by atoms with E-state index in [0.29, 0.717) is 0 Å². The minimum atomic E-state index is 0. The molecule has 0 aromatic carbocycles. The zero-order valence-electron chi connectivity index (χ0n) is 9.92. The summed E-state index contributed by atoms with van der Waals surface area (Å²) in [5, 5.41) is 3.27. The van der Waals surface area contributed by atoms with Gasteiger partial charge in [-0.05, 0) is 26.8 Å². The van der Waals surface area contributed by atoms with Crippen LogP contribution in [0.25, 0.3) is 0 Å². The second kappa shape index (κ2) is 8.62. The summed E-state index contributed by atoms with van der Waals surface area (Å²) in [4.78, 5) is 14.7. The van der Waals surface area contributed by atoms with Crippen LogP contribution in [0.3, 0.4) is 0 Å². The zero-order valence-corrected chi connectivity index (χ0v) is 11.6. The van der Waals surface area contributed by atoms with E-state index in [0.717, 1.165) is 36.3 Å². The molecule has 0 fully saturated rings. The number of rotatable bonds is 4. The molecule has 0 aliphatic rings. The van der Waals surface area contributed by atoms with Gasteiger partial charge in [0.25, 0.3) is 0 Å². The standard InChI is InChI=1S/C11H18N2O.2ClH/c1-4-5-12-7-10-9(3)11(14)8(2)6-13-10;;/h6,12H,4-5,7H2,1-3H3,(H,13,14);2*1H. The summed E-state index contributed by atoms with van der Waals surface area (Å²) in [5.74, 6) is 0. The van der Waals surface area contributed by atoms with Crippen LogP contribution in [0.2, 0.25) is 0 Å². The number of aromatic nitrogens is 1. The molecular weight excluding hydrogens is 247 g/mol. The second-order valence-corrected chi connectivity index (χ2v) is 3.58. The summed E-state index contributed by atoms with van der Waals surface area (Å²) in [6, 6.07) is 0. The van der Waals surface area contributed by atoms with Gasteiger partial charge in [0, 0.05) is 29.6 Å². The molecule has 0 saturated carbocycles. The summed E-state index contributed by atoms with van der Waals surface area (Å²) >= 11 is 0. The van der Waals surface area contributed by atoms with Crippen LogP contribution >= 0.6 is 24.8 Å². The molecule has 0 spiro atoms. The highest BCUT2D eigenvalue weighted by atomic mass is 35.5. The van der Waals surface area contributed by atoms with Crippen molar-refractivity contribution in [3.63, 3.8) is 0 Å². The smallest absolute Gasteiger partial charge is 0.187 e. The molecule has 1 heterocycles. The monoisotopic (exact) mass is 266 g/mol. The van der Waals surface area contributed by atoms with Gasteiger partial charge < -0.3 is 10.3 Å². The van der Waals surface area contributed by atoms with E-state index >= 15 is 0 Å². The lowest BCUT2D eigenvalue weighted by atomic mass is 10.1. The van der Waals surface area contributed by atoms with Crippen LogP contribution in [0.15, 0.2) is 11.0 Å². The van der Waals surface area contributed by atoms with Crippen LogP contribution in [0.5, 0.6) is 0 Å². The molecule has 1 rings (SSSR count). The fraction of sp³-hybridized carbons (Fsp3) is 0.545. The quantitative estimate of drug-likeness (QED) is 0.822. The first-order valence-electron chi connectivity index (χ1n) is 5.05. The van der Waals surface area contributed by atoms with E-state index in [4.69, 9.17) is 0 Å². The normalized spacial score (nSPS) is 9.19. The number of halogens is 2. The maximum Gasteiger partial charge on any atom is 0.187 e. The van der Waals surface area contributed by atoms with E-state index in [2.05, 4.69) is 17.2 Å². The van der Waals surface area contributed by atoms with E-state index in [-0.39, 0.29) is 30.2 Å². The minimum absolute atomic E-state index is 0. The number of H-pyrrole nitrogens is 1. The van der Waals surface area contributed by atoms with Crippen molar-refractivity contribution in [1.82, 2.24) is 10.3 Å². The average molecular weight is 267 g/mol. The molecule has 0 aliphatic heterocycles. The van der Waals surface area contributed by atoms with Crippen molar-refractivity contribution in [3.05, 3.63) is 33.2 Å². The van der Waals surface area contributed by atoms with E-state index in [1.54, 1.807) is 6.20 Å². The predicted molar refractivity (Wildman–Crippen MR) is 73.0 cm³/mol. The van der Waals surface area contributed by atoms with Crippen molar-refractivity contribution in [2.45, 2.75) is 33.7 Å². The average Bonchev–Trinajstić information content (AvgIpc) is 2.18. The van der Waals surface area contributed by atoms with Gasteiger partial charge in [-0.15, -0.1) is 24.8 Å². The first-order valence-corrected chi connectivity index (χ1v) is 5.05. The number of hydrogen-bond donors (Lipinski definition) is 2. The number of nitrogens with one attached hydrogen (secondary N) is 2. The number of aryl methyl sites for hydroxylation is 1. The molecule has 1 aromatic rings. The maximum absolute atomic E-state index is 11.6. The van der Waals surface area contributed by atoms with Crippen molar-refractivity contribution in [2.75, 3.05) is 6.54 Å². The van der Waals surface area contributed by atoms with Crippen molar-refractivity contribution >= 4 is 24.8 Å². The Morgan fingerprint density at radius 3 is 2.50 bits per heavy atom. The largest absolute Gasteiger partial charge is 0.363 e. The highest BCUT2D eigenvalue weighted by molar-refractivity contribution is 5.85. The number of pyridine rings is 1. The van der Waals surface area contributed by atoms with Crippen molar-refractivity contribution in [3.8, 4) is 0 Å². The summed E-state index contributed by atoms with van der Waals surface area (Å²) in [6.07, 6.45) is 2.88. The van der Waals surface area contributed by atoms with Crippen molar-refractivity contribution < 1.29 is 0 Å². The third kappa shape index (κ3) is 4.56. The third-order valence-corrected chi connectivity index (χ3v) is 2.34. The highest BCUT2D eigenvalue weighted by Gasteiger charge is 2.03. The van der Waals surface area contributed by atoms with Gasteiger partial charge in [-0.2, -0.15) is 0 Å². The first kappa shape index (κ1) is 17.9. The third-order valence-electron chi connectivity index (χ3n) is 2.34. The molecule has 5 heteroatoms. The van der Waals surface area contributed by atoms with Gasteiger partial charge in [-0.3, -0.25) is 4.79 Å². The van der Waals surface area contributed by atoms with Gasteiger partial charge in [-0.25, -0.2) is 0 Å². The van der Waals surface area contributed by atoms with Crippen LogP contribution in [0.1, 0.15) is 30.2 Å². The molecule has 0 radical (unpaired) electrons. The zero-order chi connectivity index (χ0) is 10.6. The molecular formula is C11H20Cl2N2O. The Balaban J connectivity index is 0. The van der Waals surface area contributed by atoms with Crippen LogP contribution in [0, 0.1) is 13.8 Å². The predicted octanol–water partition coefficient (Wildman–Crippen LogP) is 2.33. The maximum atomic E-state index is 11.6. The molecule has 2 N–H and O–H groups in total. The molecule has 0 unspecified atom stereocenters. The molecule has 0 amide bonds. The topological polar surface area (TPSA) is 44.9 Å². The molecule has 3 nitrogen and oxygen atoms in total. The Labute approximate surface area is 109 Å².